The lowest BCUT2D eigenvalue weighted by Crippen LogP contribution is -2.32. The van der Waals surface area contributed by atoms with Gasteiger partial charge in [0.1, 0.15) is 5.60 Å². The second-order valence-corrected chi connectivity index (χ2v) is 4.51. The molecule has 0 heterocycles. The number of ether oxygens (including phenoxy) is 2. The summed E-state index contributed by atoms with van der Waals surface area (Å²) in [4.78, 5) is 22.0. The van der Waals surface area contributed by atoms with E-state index in [0.29, 0.717) is 0 Å². The number of esters is 2. The van der Waals surface area contributed by atoms with Crippen molar-refractivity contribution in [1.82, 2.24) is 0 Å². The zero-order valence-electron chi connectivity index (χ0n) is 10.5. The van der Waals surface area contributed by atoms with Gasteiger partial charge in [-0.05, 0) is 27.7 Å². The van der Waals surface area contributed by atoms with E-state index in [1.807, 2.05) is 0 Å². The molecule has 6 heteroatoms. The molecule has 0 aromatic carbocycles. The lowest BCUT2D eigenvalue weighted by molar-refractivity contribution is -0.174. The molecule has 0 radical (unpaired) electrons. The van der Waals surface area contributed by atoms with Crippen LogP contribution in [0.2, 0.25) is 0 Å². The van der Waals surface area contributed by atoms with Gasteiger partial charge in [0, 0.05) is 6.42 Å². The number of halogens is 2. The van der Waals surface area contributed by atoms with Gasteiger partial charge in [0.05, 0.1) is 13.0 Å². The number of alkyl halides is 2. The number of hydrogen-bond donors (Lipinski definition) is 0. The third kappa shape index (κ3) is 6.86. The number of hydrogen-bond acceptors (Lipinski definition) is 4. The van der Waals surface area contributed by atoms with E-state index in [9.17, 15) is 18.4 Å². The van der Waals surface area contributed by atoms with Gasteiger partial charge in [-0.1, -0.05) is 0 Å². The Kier molecular flexibility index (Phi) is 5.51. The summed E-state index contributed by atoms with van der Waals surface area (Å²) in [7, 11) is 0. The van der Waals surface area contributed by atoms with Crippen LogP contribution in [-0.2, 0) is 19.1 Å². The lowest BCUT2D eigenvalue weighted by atomic mass is 10.1. The molecule has 0 fully saturated rings. The van der Waals surface area contributed by atoms with Gasteiger partial charge in [-0.2, -0.15) is 8.78 Å². The van der Waals surface area contributed by atoms with Gasteiger partial charge in [-0.3, -0.25) is 4.79 Å². The Bertz CT molecular complexity index is 282. The highest BCUT2D eigenvalue weighted by Gasteiger charge is 2.40. The smallest absolute Gasteiger partial charge is 0.376 e. The zero-order chi connectivity index (χ0) is 13.7. The van der Waals surface area contributed by atoms with Crippen molar-refractivity contribution in [3.05, 3.63) is 0 Å². The van der Waals surface area contributed by atoms with E-state index in [0.717, 1.165) is 0 Å². The fourth-order valence-corrected chi connectivity index (χ4v) is 0.990. The first-order valence-corrected chi connectivity index (χ1v) is 5.35. The van der Waals surface area contributed by atoms with E-state index in [1.165, 1.54) is 6.92 Å². The summed E-state index contributed by atoms with van der Waals surface area (Å²) in [5.41, 5.74) is -0.726. The molecular weight excluding hydrogens is 234 g/mol. The summed E-state index contributed by atoms with van der Waals surface area (Å²) in [5, 5.41) is 0. The fraction of sp³-hybridized carbons (Fsp3) is 0.818. The molecule has 0 rings (SSSR count). The Labute approximate surface area is 99.3 Å². The van der Waals surface area contributed by atoms with Crippen LogP contribution in [0, 0.1) is 0 Å². The van der Waals surface area contributed by atoms with Gasteiger partial charge in [0.2, 0.25) is 0 Å². The van der Waals surface area contributed by atoms with Crippen molar-refractivity contribution in [2.75, 3.05) is 6.61 Å². The molecule has 0 unspecified atom stereocenters. The van der Waals surface area contributed by atoms with Crippen molar-refractivity contribution >= 4 is 11.9 Å². The van der Waals surface area contributed by atoms with Gasteiger partial charge in [-0.15, -0.1) is 0 Å². The third-order valence-corrected chi connectivity index (χ3v) is 1.64. The van der Waals surface area contributed by atoms with E-state index in [4.69, 9.17) is 4.74 Å². The van der Waals surface area contributed by atoms with Crippen molar-refractivity contribution in [3.8, 4) is 0 Å². The number of rotatable bonds is 5. The number of carbonyl (C=O) groups is 2. The van der Waals surface area contributed by atoms with Crippen LogP contribution in [0.3, 0.4) is 0 Å². The summed E-state index contributed by atoms with van der Waals surface area (Å²) in [5.74, 6) is -6.02. The summed E-state index contributed by atoms with van der Waals surface area (Å²) in [6.07, 6.45) is -1.43. The average molecular weight is 252 g/mol. The maximum Gasteiger partial charge on any atom is 0.376 e. The molecule has 17 heavy (non-hydrogen) atoms. The van der Waals surface area contributed by atoms with Gasteiger partial charge in [0.25, 0.3) is 0 Å². The van der Waals surface area contributed by atoms with Crippen LogP contribution in [0.1, 0.15) is 40.5 Å². The van der Waals surface area contributed by atoms with Crippen LogP contribution in [0.25, 0.3) is 0 Å². The van der Waals surface area contributed by atoms with Crippen LogP contribution < -0.4 is 0 Å². The molecule has 4 nitrogen and oxygen atoms in total. The van der Waals surface area contributed by atoms with E-state index in [1.54, 1.807) is 20.8 Å². The Balaban J connectivity index is 4.18. The molecule has 0 aromatic heterocycles. The van der Waals surface area contributed by atoms with Gasteiger partial charge >= 0.3 is 17.9 Å². The topological polar surface area (TPSA) is 52.6 Å². The minimum absolute atomic E-state index is 0.124. The first-order chi connectivity index (χ1) is 7.58. The maximum atomic E-state index is 13.1. The van der Waals surface area contributed by atoms with E-state index < -0.39 is 36.3 Å². The molecule has 0 saturated carbocycles. The number of carbonyl (C=O) groups excluding carboxylic acids is 2. The summed E-state index contributed by atoms with van der Waals surface area (Å²) in [6.45, 7) is 6.21. The highest BCUT2D eigenvalue weighted by molar-refractivity contribution is 5.78. The van der Waals surface area contributed by atoms with Crippen molar-refractivity contribution in [1.29, 1.82) is 0 Å². The van der Waals surface area contributed by atoms with Crippen molar-refractivity contribution in [2.45, 2.75) is 52.1 Å². The molecule has 0 aliphatic heterocycles. The summed E-state index contributed by atoms with van der Waals surface area (Å²) < 4.78 is 35.3. The van der Waals surface area contributed by atoms with Crippen molar-refractivity contribution in [3.63, 3.8) is 0 Å². The first-order valence-electron chi connectivity index (χ1n) is 5.35. The molecule has 100 valence electrons. The molecule has 0 amide bonds. The van der Waals surface area contributed by atoms with Gasteiger partial charge in [-0.25, -0.2) is 4.79 Å². The highest BCUT2D eigenvalue weighted by Crippen LogP contribution is 2.23. The molecule has 0 atom stereocenters. The second kappa shape index (κ2) is 5.93. The third-order valence-electron chi connectivity index (χ3n) is 1.64. The maximum absolute atomic E-state index is 13.1. The standard InChI is InChI=1S/C11H18F2O4/c1-5-16-9(15)11(12,13)7-6-8(14)17-10(2,3)4/h5-7H2,1-4H3. The van der Waals surface area contributed by atoms with E-state index in [2.05, 4.69) is 4.74 Å². The molecule has 0 saturated heterocycles. The second-order valence-electron chi connectivity index (χ2n) is 4.51. The normalized spacial score (nSPS) is 12.1. The van der Waals surface area contributed by atoms with Crippen molar-refractivity contribution in [2.24, 2.45) is 0 Å². The highest BCUT2D eigenvalue weighted by atomic mass is 19.3. The summed E-state index contributed by atoms with van der Waals surface area (Å²) >= 11 is 0. The van der Waals surface area contributed by atoms with E-state index in [-0.39, 0.29) is 6.61 Å². The molecule has 0 aliphatic carbocycles. The Morgan fingerprint density at radius 2 is 1.71 bits per heavy atom. The molecule has 0 N–H and O–H groups in total. The zero-order valence-corrected chi connectivity index (χ0v) is 10.5. The SMILES string of the molecule is CCOC(=O)C(F)(F)CCC(=O)OC(C)(C)C. The van der Waals surface area contributed by atoms with Crippen LogP contribution in [-0.4, -0.2) is 30.1 Å². The van der Waals surface area contributed by atoms with Crippen molar-refractivity contribution < 1.29 is 27.8 Å². The Morgan fingerprint density at radius 3 is 2.12 bits per heavy atom. The summed E-state index contributed by atoms with van der Waals surface area (Å²) in [6, 6.07) is 0. The lowest BCUT2D eigenvalue weighted by Gasteiger charge is -2.20. The van der Waals surface area contributed by atoms with Crippen LogP contribution in [0.5, 0.6) is 0 Å². The monoisotopic (exact) mass is 252 g/mol. The molecule has 0 spiro atoms. The molecule has 0 bridgehead atoms. The van der Waals surface area contributed by atoms with Crippen LogP contribution >= 0.6 is 0 Å². The Morgan fingerprint density at radius 1 is 1.18 bits per heavy atom. The van der Waals surface area contributed by atoms with Gasteiger partial charge < -0.3 is 9.47 Å². The molecule has 0 aliphatic rings. The predicted octanol–water partition coefficient (Wildman–Crippen LogP) is 2.31. The minimum atomic E-state index is -3.65. The van der Waals surface area contributed by atoms with Gasteiger partial charge in [0.15, 0.2) is 0 Å². The van der Waals surface area contributed by atoms with Crippen LogP contribution in [0.15, 0.2) is 0 Å². The first kappa shape index (κ1) is 15.8. The quantitative estimate of drug-likeness (QED) is 0.704. The minimum Gasteiger partial charge on any atom is -0.462 e. The average Bonchev–Trinajstić information content (AvgIpc) is 2.12. The Hall–Kier alpha value is -1.20. The fourth-order valence-electron chi connectivity index (χ4n) is 0.990. The van der Waals surface area contributed by atoms with E-state index >= 15 is 0 Å². The molecular formula is C11H18F2O4. The van der Waals surface area contributed by atoms with Crippen LogP contribution in [0.4, 0.5) is 8.78 Å². The molecule has 0 aromatic rings. The predicted molar refractivity (Wildman–Crippen MR) is 56.7 cm³/mol. The largest absolute Gasteiger partial charge is 0.462 e.